The summed E-state index contributed by atoms with van der Waals surface area (Å²) in [7, 11) is -3.59. The highest BCUT2D eigenvalue weighted by Gasteiger charge is 2.16. The largest absolute Gasteiger partial charge is 0.468 e. The van der Waals surface area contributed by atoms with E-state index in [9.17, 15) is 8.42 Å². The van der Waals surface area contributed by atoms with Gasteiger partial charge in [-0.05, 0) is 43.7 Å². The molecule has 0 bridgehead atoms. The van der Waals surface area contributed by atoms with Crippen molar-refractivity contribution >= 4 is 10.0 Å². The van der Waals surface area contributed by atoms with E-state index in [-0.39, 0.29) is 11.4 Å². The van der Waals surface area contributed by atoms with Crippen molar-refractivity contribution < 1.29 is 17.4 Å². The Labute approximate surface area is 134 Å². The van der Waals surface area contributed by atoms with Crippen LogP contribution in [0.3, 0.4) is 0 Å². The molecule has 0 radical (unpaired) electrons. The smallest absolute Gasteiger partial charge is 0.240 e. The highest BCUT2D eigenvalue weighted by atomic mass is 32.2. The monoisotopic (exact) mass is 332 g/mol. The van der Waals surface area contributed by atoms with Crippen LogP contribution in [0.2, 0.25) is 0 Å². The van der Waals surface area contributed by atoms with Gasteiger partial charge in [0, 0.05) is 5.56 Å². The Balaban J connectivity index is 1.81. The van der Waals surface area contributed by atoms with E-state index in [4.69, 9.17) is 8.94 Å². The third-order valence-corrected chi connectivity index (χ3v) is 4.92. The lowest BCUT2D eigenvalue weighted by atomic mass is 10.0. The summed E-state index contributed by atoms with van der Waals surface area (Å²) in [6, 6.07) is 10.0. The van der Waals surface area contributed by atoms with Crippen LogP contribution in [0.5, 0.6) is 0 Å². The van der Waals surface area contributed by atoms with Gasteiger partial charge in [0.1, 0.15) is 11.5 Å². The summed E-state index contributed by atoms with van der Waals surface area (Å²) in [5, 5.41) is 3.91. The zero-order chi connectivity index (χ0) is 16.4. The molecule has 6 nitrogen and oxygen atoms in total. The van der Waals surface area contributed by atoms with Crippen LogP contribution in [-0.2, 0) is 16.6 Å². The second-order valence-electron chi connectivity index (χ2n) is 5.13. The summed E-state index contributed by atoms with van der Waals surface area (Å²) in [6.45, 7) is 3.78. The van der Waals surface area contributed by atoms with Crippen molar-refractivity contribution in [3.63, 3.8) is 0 Å². The van der Waals surface area contributed by atoms with Crippen molar-refractivity contribution in [1.29, 1.82) is 0 Å². The molecule has 0 saturated carbocycles. The maximum atomic E-state index is 12.3. The van der Waals surface area contributed by atoms with E-state index in [2.05, 4.69) is 9.88 Å². The zero-order valence-electron chi connectivity index (χ0n) is 12.7. The fourth-order valence-corrected chi connectivity index (χ4v) is 3.35. The third kappa shape index (κ3) is 3.20. The maximum Gasteiger partial charge on any atom is 0.240 e. The van der Waals surface area contributed by atoms with Gasteiger partial charge in [-0.1, -0.05) is 17.3 Å². The van der Waals surface area contributed by atoms with Crippen LogP contribution in [-0.4, -0.2) is 13.6 Å². The van der Waals surface area contributed by atoms with Crippen LogP contribution < -0.4 is 4.72 Å². The number of aryl methyl sites for hydroxylation is 2. The fraction of sp³-hybridized carbons (Fsp3) is 0.188. The van der Waals surface area contributed by atoms with Gasteiger partial charge < -0.3 is 8.94 Å². The van der Waals surface area contributed by atoms with E-state index in [0.29, 0.717) is 11.5 Å². The van der Waals surface area contributed by atoms with Crippen molar-refractivity contribution in [2.75, 3.05) is 0 Å². The molecule has 0 aliphatic rings. The number of hydrogen-bond donors (Lipinski definition) is 1. The first-order chi connectivity index (χ1) is 11.0. The molecule has 1 N–H and O–H groups in total. The van der Waals surface area contributed by atoms with E-state index in [1.807, 2.05) is 13.8 Å². The molecule has 3 aromatic rings. The highest BCUT2D eigenvalue weighted by Crippen LogP contribution is 2.27. The first-order valence-electron chi connectivity index (χ1n) is 7.03. The molecule has 0 spiro atoms. The number of nitrogens with one attached hydrogen (secondary N) is 1. The topological polar surface area (TPSA) is 85.3 Å². The number of hydrogen-bond acceptors (Lipinski definition) is 5. The summed E-state index contributed by atoms with van der Waals surface area (Å²) in [6.07, 6.45) is 1.50. The van der Waals surface area contributed by atoms with Gasteiger partial charge in [-0.15, -0.1) is 0 Å². The second kappa shape index (κ2) is 6.02. The molecule has 0 aliphatic heterocycles. The Morgan fingerprint density at radius 2 is 1.87 bits per heavy atom. The molecular weight excluding hydrogens is 316 g/mol. The van der Waals surface area contributed by atoms with Gasteiger partial charge in [-0.3, -0.25) is 0 Å². The maximum absolute atomic E-state index is 12.3. The summed E-state index contributed by atoms with van der Waals surface area (Å²) < 4.78 is 37.3. The van der Waals surface area contributed by atoms with Crippen molar-refractivity contribution in [3.05, 3.63) is 59.9 Å². The molecular formula is C16H16N2O4S. The molecule has 1 aromatic carbocycles. The SMILES string of the molecule is Cc1noc(C)c1-c1ccc(S(=O)(=O)NCc2ccco2)cc1. The normalized spacial score (nSPS) is 11.7. The van der Waals surface area contributed by atoms with Gasteiger partial charge in [-0.2, -0.15) is 0 Å². The lowest BCUT2D eigenvalue weighted by Gasteiger charge is -2.07. The fourth-order valence-electron chi connectivity index (χ4n) is 2.36. The quantitative estimate of drug-likeness (QED) is 0.776. The summed E-state index contributed by atoms with van der Waals surface area (Å²) >= 11 is 0. The average molecular weight is 332 g/mol. The van der Waals surface area contributed by atoms with Crippen LogP contribution in [0.1, 0.15) is 17.2 Å². The van der Waals surface area contributed by atoms with E-state index < -0.39 is 10.0 Å². The van der Waals surface area contributed by atoms with Gasteiger partial charge in [-0.25, -0.2) is 13.1 Å². The molecule has 0 unspecified atom stereocenters. The molecule has 120 valence electrons. The molecule has 2 heterocycles. The van der Waals surface area contributed by atoms with Gasteiger partial charge in [0.25, 0.3) is 0 Å². The standard InChI is InChI=1S/C16H16N2O4S/c1-11-16(12(2)22-18-11)13-5-7-15(8-6-13)23(19,20)17-10-14-4-3-9-21-14/h3-9,17H,10H2,1-2H3. The Bertz CT molecular complexity index is 875. The second-order valence-corrected chi connectivity index (χ2v) is 6.89. The Morgan fingerprint density at radius 1 is 1.13 bits per heavy atom. The Hall–Kier alpha value is -2.38. The predicted molar refractivity (Wildman–Crippen MR) is 84.1 cm³/mol. The number of rotatable bonds is 5. The van der Waals surface area contributed by atoms with E-state index in [1.165, 1.54) is 6.26 Å². The highest BCUT2D eigenvalue weighted by molar-refractivity contribution is 7.89. The van der Waals surface area contributed by atoms with Crippen molar-refractivity contribution in [3.8, 4) is 11.1 Å². The minimum atomic E-state index is -3.59. The van der Waals surface area contributed by atoms with Gasteiger partial charge in [0.2, 0.25) is 10.0 Å². The first kappa shape index (κ1) is 15.5. The minimum Gasteiger partial charge on any atom is -0.468 e. The number of nitrogens with zero attached hydrogens (tertiary/aromatic N) is 1. The molecule has 0 atom stereocenters. The van der Waals surface area contributed by atoms with Gasteiger partial charge in [0.15, 0.2) is 0 Å². The number of benzene rings is 1. The van der Waals surface area contributed by atoms with E-state index in [1.54, 1.807) is 36.4 Å². The number of furan rings is 1. The first-order valence-corrected chi connectivity index (χ1v) is 8.51. The molecule has 7 heteroatoms. The minimum absolute atomic E-state index is 0.112. The number of aromatic nitrogens is 1. The van der Waals surface area contributed by atoms with Crippen LogP contribution in [0.15, 0.2) is 56.5 Å². The summed E-state index contributed by atoms with van der Waals surface area (Å²) in [4.78, 5) is 0.194. The molecule has 3 rings (SSSR count). The molecule has 0 saturated heterocycles. The number of sulfonamides is 1. The van der Waals surface area contributed by atoms with Crippen LogP contribution in [0.4, 0.5) is 0 Å². The molecule has 0 fully saturated rings. The van der Waals surface area contributed by atoms with E-state index >= 15 is 0 Å². The molecule has 2 aromatic heterocycles. The lowest BCUT2D eigenvalue weighted by molar-refractivity contribution is 0.393. The van der Waals surface area contributed by atoms with Crippen molar-refractivity contribution in [1.82, 2.24) is 9.88 Å². The van der Waals surface area contributed by atoms with Crippen LogP contribution in [0.25, 0.3) is 11.1 Å². The molecule has 0 amide bonds. The zero-order valence-corrected chi connectivity index (χ0v) is 13.6. The molecule has 0 aliphatic carbocycles. The van der Waals surface area contributed by atoms with Crippen LogP contribution >= 0.6 is 0 Å². The third-order valence-electron chi connectivity index (χ3n) is 3.50. The Kier molecular flexibility index (Phi) is 4.06. The van der Waals surface area contributed by atoms with Gasteiger partial charge >= 0.3 is 0 Å². The van der Waals surface area contributed by atoms with Crippen molar-refractivity contribution in [2.45, 2.75) is 25.3 Å². The Morgan fingerprint density at radius 3 is 2.43 bits per heavy atom. The molecule has 23 heavy (non-hydrogen) atoms. The van der Waals surface area contributed by atoms with E-state index in [0.717, 1.165) is 16.8 Å². The lowest BCUT2D eigenvalue weighted by Crippen LogP contribution is -2.22. The van der Waals surface area contributed by atoms with Gasteiger partial charge in [0.05, 0.1) is 23.4 Å². The summed E-state index contributed by atoms with van der Waals surface area (Å²) in [5.41, 5.74) is 2.53. The predicted octanol–water partition coefficient (Wildman–Crippen LogP) is 3.03. The van der Waals surface area contributed by atoms with Crippen molar-refractivity contribution in [2.24, 2.45) is 0 Å². The average Bonchev–Trinajstić information content (AvgIpc) is 3.16. The van der Waals surface area contributed by atoms with Crippen LogP contribution in [0, 0.1) is 13.8 Å². The summed E-state index contributed by atoms with van der Waals surface area (Å²) in [5.74, 6) is 1.26.